The Kier molecular flexibility index (Phi) is 5.18. The van der Waals surface area contributed by atoms with Crippen LogP contribution in [0.1, 0.15) is 5.56 Å². The molecule has 6 rings (SSSR count). The number of piperazine rings is 1. The third-order valence-corrected chi connectivity index (χ3v) is 6.43. The SMILES string of the molecule is O=C1Cc2cccnc2N1c1nc(N2CCN(c3ccc(O)cc3)CC2)nc2c1ncn2CCO. The van der Waals surface area contributed by atoms with E-state index in [1.807, 2.05) is 24.3 Å². The van der Waals surface area contributed by atoms with Gasteiger partial charge in [0.15, 0.2) is 17.0 Å². The summed E-state index contributed by atoms with van der Waals surface area (Å²) in [5.41, 5.74) is 2.96. The van der Waals surface area contributed by atoms with Crippen molar-refractivity contribution in [3.63, 3.8) is 0 Å². The first kappa shape index (κ1) is 21.3. The van der Waals surface area contributed by atoms with Gasteiger partial charge in [-0.2, -0.15) is 9.97 Å². The lowest BCUT2D eigenvalue weighted by molar-refractivity contribution is -0.116. The average molecular weight is 473 g/mol. The zero-order valence-electron chi connectivity index (χ0n) is 18.9. The van der Waals surface area contributed by atoms with Gasteiger partial charge in [-0.05, 0) is 30.3 Å². The first-order valence-corrected chi connectivity index (χ1v) is 11.5. The van der Waals surface area contributed by atoms with Crippen LogP contribution in [0.15, 0.2) is 48.9 Å². The number of pyridine rings is 1. The lowest BCUT2D eigenvalue weighted by Crippen LogP contribution is -2.47. The number of anilines is 4. The van der Waals surface area contributed by atoms with Crippen LogP contribution >= 0.6 is 0 Å². The van der Waals surface area contributed by atoms with Crippen LogP contribution in [0.25, 0.3) is 11.2 Å². The van der Waals surface area contributed by atoms with Crippen LogP contribution in [0, 0.1) is 0 Å². The van der Waals surface area contributed by atoms with Crippen molar-refractivity contribution in [3.8, 4) is 5.75 Å². The second-order valence-electron chi connectivity index (χ2n) is 8.56. The van der Waals surface area contributed by atoms with E-state index >= 15 is 0 Å². The first-order valence-electron chi connectivity index (χ1n) is 11.5. The summed E-state index contributed by atoms with van der Waals surface area (Å²) in [6, 6.07) is 10.9. The van der Waals surface area contributed by atoms with Crippen molar-refractivity contribution >= 4 is 40.3 Å². The van der Waals surface area contributed by atoms with E-state index in [1.54, 1.807) is 29.2 Å². The number of fused-ring (bicyclic) bond motifs is 2. The molecule has 0 saturated carbocycles. The smallest absolute Gasteiger partial charge is 0.238 e. The van der Waals surface area contributed by atoms with Gasteiger partial charge in [0.25, 0.3) is 0 Å². The van der Waals surface area contributed by atoms with Gasteiger partial charge in [-0.15, -0.1) is 0 Å². The molecule has 0 aliphatic carbocycles. The highest BCUT2D eigenvalue weighted by atomic mass is 16.3. The third kappa shape index (κ3) is 3.69. The molecule has 35 heavy (non-hydrogen) atoms. The summed E-state index contributed by atoms with van der Waals surface area (Å²) in [6.07, 6.45) is 3.54. The Labute approximate surface area is 200 Å². The molecule has 2 aliphatic heterocycles. The molecule has 5 heterocycles. The second kappa shape index (κ2) is 8.51. The van der Waals surface area contributed by atoms with Crippen molar-refractivity contribution in [1.29, 1.82) is 0 Å². The topological polar surface area (TPSA) is 124 Å². The summed E-state index contributed by atoms with van der Waals surface area (Å²) < 4.78 is 1.77. The fourth-order valence-electron chi connectivity index (χ4n) is 4.66. The van der Waals surface area contributed by atoms with Gasteiger partial charge in [0.05, 0.1) is 19.4 Å². The number of phenolic OH excluding ortho intramolecular Hbond substituents is 1. The van der Waals surface area contributed by atoms with Gasteiger partial charge in [0.2, 0.25) is 11.9 Å². The third-order valence-electron chi connectivity index (χ3n) is 6.43. The van der Waals surface area contributed by atoms with E-state index in [9.17, 15) is 15.0 Å². The molecule has 0 atom stereocenters. The number of nitrogens with zero attached hydrogens (tertiary/aromatic N) is 8. The van der Waals surface area contributed by atoms with E-state index < -0.39 is 0 Å². The van der Waals surface area contributed by atoms with Gasteiger partial charge in [-0.25, -0.2) is 14.9 Å². The van der Waals surface area contributed by atoms with E-state index in [1.165, 1.54) is 4.90 Å². The number of carbonyl (C=O) groups is 1. The van der Waals surface area contributed by atoms with E-state index in [-0.39, 0.29) is 24.7 Å². The second-order valence-corrected chi connectivity index (χ2v) is 8.56. The summed E-state index contributed by atoms with van der Waals surface area (Å²) in [7, 11) is 0. The molecule has 2 N–H and O–H groups in total. The van der Waals surface area contributed by atoms with Crippen LogP contribution < -0.4 is 14.7 Å². The maximum absolute atomic E-state index is 13.0. The predicted molar refractivity (Wildman–Crippen MR) is 130 cm³/mol. The number of aromatic nitrogens is 5. The average Bonchev–Trinajstić information content (AvgIpc) is 3.44. The standard InChI is InChI=1S/C24H24N8O3/c33-13-12-31-15-26-20-22(31)27-24(28-23(20)32-19(35)14-16-2-1-7-25-21(16)32)30-10-8-29(9-11-30)17-3-5-18(34)6-4-17/h1-7,15,33-34H,8-14H2. The van der Waals surface area contributed by atoms with Crippen molar-refractivity contribution < 1.29 is 15.0 Å². The Morgan fingerprint density at radius 2 is 1.69 bits per heavy atom. The van der Waals surface area contributed by atoms with Gasteiger partial charge >= 0.3 is 0 Å². The lowest BCUT2D eigenvalue weighted by atomic mass is 10.2. The number of aromatic hydroxyl groups is 1. The summed E-state index contributed by atoms with van der Waals surface area (Å²) in [4.78, 5) is 37.5. The minimum Gasteiger partial charge on any atom is -0.508 e. The molecule has 0 spiro atoms. The number of aliphatic hydroxyl groups is 1. The number of benzene rings is 1. The minimum atomic E-state index is -0.112. The summed E-state index contributed by atoms with van der Waals surface area (Å²) in [5.74, 6) is 1.62. The quantitative estimate of drug-likeness (QED) is 0.444. The molecule has 3 aromatic heterocycles. The zero-order chi connectivity index (χ0) is 23.9. The Morgan fingerprint density at radius 1 is 0.914 bits per heavy atom. The van der Waals surface area contributed by atoms with Crippen LogP contribution in [-0.2, 0) is 17.8 Å². The molecule has 11 nitrogen and oxygen atoms in total. The molecule has 11 heteroatoms. The van der Waals surface area contributed by atoms with Crippen molar-refractivity contribution in [3.05, 3.63) is 54.5 Å². The van der Waals surface area contributed by atoms with E-state index in [0.717, 1.165) is 24.3 Å². The van der Waals surface area contributed by atoms with Crippen LogP contribution in [-0.4, -0.2) is 73.4 Å². The maximum Gasteiger partial charge on any atom is 0.238 e. The first-order chi connectivity index (χ1) is 17.1. The minimum absolute atomic E-state index is 0.0571. The molecule has 4 aromatic rings. The number of hydrogen-bond donors (Lipinski definition) is 2. The summed E-state index contributed by atoms with van der Waals surface area (Å²) >= 11 is 0. The van der Waals surface area contributed by atoms with E-state index in [2.05, 4.69) is 19.8 Å². The number of imidazole rings is 1. The van der Waals surface area contributed by atoms with Gasteiger partial charge in [0.1, 0.15) is 11.6 Å². The molecule has 1 fully saturated rings. The van der Waals surface area contributed by atoms with Crippen LogP contribution in [0.2, 0.25) is 0 Å². The van der Waals surface area contributed by atoms with Crippen molar-refractivity contribution in [2.24, 2.45) is 0 Å². The largest absolute Gasteiger partial charge is 0.508 e. The molecule has 1 saturated heterocycles. The van der Waals surface area contributed by atoms with Crippen molar-refractivity contribution in [1.82, 2.24) is 24.5 Å². The molecular formula is C24H24N8O3. The van der Waals surface area contributed by atoms with Gasteiger partial charge in [0, 0.05) is 50.2 Å². The molecule has 0 bridgehead atoms. The fraction of sp³-hybridized carbons (Fsp3) is 0.292. The van der Waals surface area contributed by atoms with Crippen LogP contribution in [0.3, 0.4) is 0 Å². The maximum atomic E-state index is 13.0. The monoisotopic (exact) mass is 472 g/mol. The lowest BCUT2D eigenvalue weighted by Gasteiger charge is -2.36. The van der Waals surface area contributed by atoms with Crippen molar-refractivity contribution in [2.75, 3.05) is 47.5 Å². The number of carbonyl (C=O) groups excluding carboxylic acids is 1. The fourth-order valence-corrected chi connectivity index (χ4v) is 4.66. The Bertz CT molecular complexity index is 1400. The summed E-state index contributed by atoms with van der Waals surface area (Å²) in [5, 5.41) is 19.1. The van der Waals surface area contributed by atoms with Crippen molar-refractivity contribution in [2.45, 2.75) is 13.0 Å². The van der Waals surface area contributed by atoms with Crippen LogP contribution in [0.4, 0.5) is 23.3 Å². The normalized spacial score (nSPS) is 15.8. The molecule has 1 amide bonds. The highest BCUT2D eigenvalue weighted by Gasteiger charge is 2.34. The number of phenols is 1. The van der Waals surface area contributed by atoms with Gasteiger partial charge < -0.3 is 24.6 Å². The van der Waals surface area contributed by atoms with E-state index in [0.29, 0.717) is 48.4 Å². The number of hydrogen-bond acceptors (Lipinski definition) is 9. The van der Waals surface area contributed by atoms with E-state index in [4.69, 9.17) is 9.97 Å². The Hall–Kier alpha value is -4.25. The number of aliphatic hydroxyl groups excluding tert-OH is 1. The predicted octanol–water partition coefficient (Wildman–Crippen LogP) is 1.47. The van der Waals surface area contributed by atoms with Gasteiger partial charge in [-0.3, -0.25) is 4.79 Å². The molecule has 2 aliphatic rings. The summed E-state index contributed by atoms with van der Waals surface area (Å²) in [6.45, 7) is 3.16. The molecule has 1 aromatic carbocycles. The molecule has 0 radical (unpaired) electrons. The molecule has 178 valence electrons. The van der Waals surface area contributed by atoms with Gasteiger partial charge in [-0.1, -0.05) is 6.07 Å². The number of amides is 1. The molecule has 0 unspecified atom stereocenters. The Morgan fingerprint density at radius 3 is 2.46 bits per heavy atom. The molecular weight excluding hydrogens is 448 g/mol. The highest BCUT2D eigenvalue weighted by Crippen LogP contribution is 2.36. The van der Waals surface area contributed by atoms with Crippen LogP contribution in [0.5, 0.6) is 5.75 Å². The Balaban J connectivity index is 1.37. The highest BCUT2D eigenvalue weighted by molar-refractivity contribution is 6.09. The zero-order valence-corrected chi connectivity index (χ0v) is 18.9. The number of rotatable bonds is 5.